The fourth-order valence-electron chi connectivity index (χ4n) is 2.89. The van der Waals surface area contributed by atoms with Gasteiger partial charge in [0.2, 0.25) is 0 Å². The molecule has 1 aromatic carbocycles. The van der Waals surface area contributed by atoms with Crippen molar-refractivity contribution in [1.82, 2.24) is 15.5 Å². The maximum atomic E-state index is 6.29. The Bertz CT molecular complexity index is 582. The molecule has 0 spiro atoms. The molecule has 148 valence electrons. The quantitative estimate of drug-likeness (QED) is 0.344. The van der Waals surface area contributed by atoms with E-state index in [2.05, 4.69) is 34.4 Å². The van der Waals surface area contributed by atoms with E-state index < -0.39 is 0 Å². The van der Waals surface area contributed by atoms with Crippen LogP contribution in [0, 0.1) is 5.92 Å². The summed E-state index contributed by atoms with van der Waals surface area (Å²) in [6, 6.07) is 5.58. The Balaban J connectivity index is 0.00000338. The maximum Gasteiger partial charge on any atom is 0.191 e. The molecule has 2 N–H and O–H groups in total. The monoisotopic (exact) mass is 514 g/mol. The first-order chi connectivity index (χ1) is 12.0. The number of benzene rings is 1. The van der Waals surface area contributed by atoms with E-state index >= 15 is 0 Å². The van der Waals surface area contributed by atoms with Crippen molar-refractivity contribution in [3.8, 4) is 0 Å². The van der Waals surface area contributed by atoms with Gasteiger partial charge in [0, 0.05) is 43.3 Å². The van der Waals surface area contributed by atoms with Crippen molar-refractivity contribution in [3.63, 3.8) is 0 Å². The second-order valence-corrected chi connectivity index (χ2v) is 7.35. The summed E-state index contributed by atoms with van der Waals surface area (Å²) in [5.41, 5.74) is 0.996. The molecule has 0 radical (unpaired) electrons. The Morgan fingerprint density at radius 1 is 1.27 bits per heavy atom. The van der Waals surface area contributed by atoms with Gasteiger partial charge >= 0.3 is 0 Å². The van der Waals surface area contributed by atoms with Gasteiger partial charge in [-0.3, -0.25) is 9.89 Å². The van der Waals surface area contributed by atoms with E-state index in [1.165, 1.54) is 0 Å². The van der Waals surface area contributed by atoms with Gasteiger partial charge < -0.3 is 15.4 Å². The van der Waals surface area contributed by atoms with Crippen LogP contribution in [-0.2, 0) is 4.74 Å². The number of rotatable bonds is 6. The van der Waals surface area contributed by atoms with E-state index in [1.807, 2.05) is 12.1 Å². The Morgan fingerprint density at radius 3 is 2.58 bits per heavy atom. The lowest BCUT2D eigenvalue weighted by atomic mass is 10.1. The van der Waals surface area contributed by atoms with E-state index in [1.54, 1.807) is 13.1 Å². The van der Waals surface area contributed by atoms with Crippen molar-refractivity contribution in [1.29, 1.82) is 0 Å². The number of guanidine groups is 1. The highest BCUT2D eigenvalue weighted by Crippen LogP contribution is 2.25. The van der Waals surface area contributed by atoms with Gasteiger partial charge in [-0.2, -0.15) is 0 Å². The standard InChI is InChI=1S/C18H28Cl2N4O.HI/c1-13(12-24-6-8-25-9-7-24)11-22-18(21-3)23-14(2)16-5-4-15(19)10-17(16)20;/h4-5,10,13-14H,6-9,11-12H2,1-3H3,(H2,21,22,23);1H. The summed E-state index contributed by atoms with van der Waals surface area (Å²) in [7, 11) is 1.78. The van der Waals surface area contributed by atoms with Crippen LogP contribution in [-0.4, -0.2) is 57.3 Å². The van der Waals surface area contributed by atoms with Crippen molar-refractivity contribution in [2.24, 2.45) is 10.9 Å². The van der Waals surface area contributed by atoms with Crippen molar-refractivity contribution in [3.05, 3.63) is 33.8 Å². The topological polar surface area (TPSA) is 48.9 Å². The summed E-state index contributed by atoms with van der Waals surface area (Å²) >= 11 is 12.3. The molecule has 1 heterocycles. The van der Waals surface area contributed by atoms with Crippen LogP contribution in [0.15, 0.2) is 23.2 Å². The van der Waals surface area contributed by atoms with Crippen LogP contribution in [0.5, 0.6) is 0 Å². The first kappa shape index (κ1) is 23.8. The Kier molecular flexibility index (Phi) is 11.2. The molecule has 1 aliphatic rings. The first-order valence-electron chi connectivity index (χ1n) is 8.71. The van der Waals surface area contributed by atoms with Gasteiger partial charge in [0.15, 0.2) is 5.96 Å². The highest BCUT2D eigenvalue weighted by atomic mass is 127. The highest BCUT2D eigenvalue weighted by molar-refractivity contribution is 14.0. The van der Waals surface area contributed by atoms with Crippen LogP contribution in [0.1, 0.15) is 25.5 Å². The molecule has 8 heteroatoms. The van der Waals surface area contributed by atoms with Crippen LogP contribution < -0.4 is 10.6 Å². The number of morpholine rings is 1. The lowest BCUT2D eigenvalue weighted by Crippen LogP contribution is -2.44. The predicted octanol–water partition coefficient (Wildman–Crippen LogP) is 3.81. The minimum atomic E-state index is 0. The smallest absolute Gasteiger partial charge is 0.191 e. The van der Waals surface area contributed by atoms with E-state index in [4.69, 9.17) is 27.9 Å². The zero-order valence-corrected chi connectivity index (χ0v) is 19.4. The normalized spacial score (nSPS) is 18.0. The number of nitrogens with one attached hydrogen (secondary N) is 2. The molecular formula is C18H29Cl2IN4O. The van der Waals surface area contributed by atoms with Gasteiger partial charge in [0.25, 0.3) is 0 Å². The van der Waals surface area contributed by atoms with Crippen molar-refractivity contribution in [2.45, 2.75) is 19.9 Å². The second-order valence-electron chi connectivity index (χ2n) is 6.50. The van der Waals surface area contributed by atoms with Gasteiger partial charge in [-0.25, -0.2) is 0 Å². The van der Waals surface area contributed by atoms with Crippen molar-refractivity contribution < 1.29 is 4.74 Å². The summed E-state index contributed by atoms with van der Waals surface area (Å²) in [5.74, 6) is 1.29. The molecule has 2 rings (SSSR count). The Labute approximate surface area is 183 Å². The summed E-state index contributed by atoms with van der Waals surface area (Å²) in [4.78, 5) is 6.76. The summed E-state index contributed by atoms with van der Waals surface area (Å²) in [6.45, 7) is 9.93. The summed E-state index contributed by atoms with van der Waals surface area (Å²) in [5, 5.41) is 8.08. The molecule has 2 unspecified atom stereocenters. The first-order valence-corrected chi connectivity index (χ1v) is 9.47. The van der Waals surface area contributed by atoms with Crippen LogP contribution in [0.3, 0.4) is 0 Å². The van der Waals surface area contributed by atoms with Crippen molar-refractivity contribution in [2.75, 3.05) is 46.4 Å². The van der Waals surface area contributed by atoms with E-state index in [9.17, 15) is 0 Å². The molecule has 0 bridgehead atoms. The summed E-state index contributed by atoms with van der Waals surface area (Å²) in [6.07, 6.45) is 0. The molecule has 26 heavy (non-hydrogen) atoms. The fraction of sp³-hybridized carbons (Fsp3) is 0.611. The van der Waals surface area contributed by atoms with Crippen LogP contribution >= 0.6 is 47.2 Å². The lowest BCUT2D eigenvalue weighted by Gasteiger charge is -2.29. The molecule has 2 atom stereocenters. The minimum Gasteiger partial charge on any atom is -0.379 e. The van der Waals surface area contributed by atoms with Gasteiger partial charge in [-0.05, 0) is 30.5 Å². The van der Waals surface area contributed by atoms with Crippen LogP contribution in [0.2, 0.25) is 10.0 Å². The highest BCUT2D eigenvalue weighted by Gasteiger charge is 2.15. The third-order valence-electron chi connectivity index (χ3n) is 4.30. The molecule has 0 aliphatic carbocycles. The van der Waals surface area contributed by atoms with Gasteiger partial charge in [-0.15, -0.1) is 24.0 Å². The number of hydrogen-bond donors (Lipinski definition) is 2. The van der Waals surface area contributed by atoms with E-state index in [0.717, 1.165) is 50.9 Å². The second kappa shape index (κ2) is 12.2. The third-order valence-corrected chi connectivity index (χ3v) is 4.86. The van der Waals surface area contributed by atoms with Crippen molar-refractivity contribution >= 4 is 53.1 Å². The molecule has 0 saturated carbocycles. The average Bonchev–Trinajstić information content (AvgIpc) is 2.59. The molecule has 1 saturated heterocycles. The number of ether oxygens (including phenoxy) is 1. The lowest BCUT2D eigenvalue weighted by molar-refractivity contribution is 0.0320. The molecule has 0 aromatic heterocycles. The molecule has 1 fully saturated rings. The molecule has 1 aromatic rings. The van der Waals surface area contributed by atoms with Crippen LogP contribution in [0.25, 0.3) is 0 Å². The maximum absolute atomic E-state index is 6.29. The number of halogens is 3. The van der Waals surface area contributed by atoms with E-state index in [-0.39, 0.29) is 30.0 Å². The SMILES string of the molecule is CN=C(NCC(C)CN1CCOCC1)NC(C)c1ccc(Cl)cc1Cl.I. The molecule has 5 nitrogen and oxygen atoms in total. The van der Waals surface area contributed by atoms with Gasteiger partial charge in [-0.1, -0.05) is 36.2 Å². The zero-order chi connectivity index (χ0) is 18.2. The van der Waals surface area contributed by atoms with E-state index in [0.29, 0.717) is 16.0 Å². The average molecular weight is 515 g/mol. The van der Waals surface area contributed by atoms with Gasteiger partial charge in [0.1, 0.15) is 0 Å². The number of hydrogen-bond acceptors (Lipinski definition) is 3. The minimum absolute atomic E-state index is 0. The van der Waals surface area contributed by atoms with Crippen LogP contribution in [0.4, 0.5) is 0 Å². The number of aliphatic imine (C=N–C) groups is 1. The summed E-state index contributed by atoms with van der Waals surface area (Å²) < 4.78 is 5.39. The molecule has 1 aliphatic heterocycles. The Hall–Kier alpha value is -0.280. The Morgan fingerprint density at radius 2 is 1.96 bits per heavy atom. The molecular weight excluding hydrogens is 486 g/mol. The zero-order valence-electron chi connectivity index (χ0n) is 15.6. The fourth-order valence-corrected chi connectivity index (χ4v) is 3.46. The largest absolute Gasteiger partial charge is 0.379 e. The third kappa shape index (κ3) is 7.76. The predicted molar refractivity (Wildman–Crippen MR) is 121 cm³/mol. The number of nitrogens with zero attached hydrogens (tertiary/aromatic N) is 2. The van der Waals surface area contributed by atoms with Gasteiger partial charge in [0.05, 0.1) is 19.3 Å². The molecule has 0 amide bonds.